The van der Waals surface area contributed by atoms with E-state index in [0.29, 0.717) is 22.2 Å². The Kier molecular flexibility index (Phi) is 6.73. The molecule has 2 rings (SSSR count). The monoisotopic (exact) mass is 354 g/mol. The van der Waals surface area contributed by atoms with Crippen LogP contribution in [-0.4, -0.2) is 32.6 Å². The molecule has 0 saturated heterocycles. The number of halogens is 1. The SMILES string of the molecule is COc1cc(NC(=O)CNC(=O)C2CCCCC2)c(OC)cc1Cl. The third-order valence-corrected chi connectivity index (χ3v) is 4.44. The van der Waals surface area contributed by atoms with Gasteiger partial charge in [0.1, 0.15) is 11.5 Å². The van der Waals surface area contributed by atoms with E-state index in [9.17, 15) is 9.59 Å². The highest BCUT2D eigenvalue weighted by atomic mass is 35.5. The number of benzene rings is 1. The summed E-state index contributed by atoms with van der Waals surface area (Å²) in [6, 6.07) is 3.15. The first-order valence-corrected chi connectivity index (χ1v) is 8.42. The molecule has 2 amide bonds. The van der Waals surface area contributed by atoms with Gasteiger partial charge in [-0.3, -0.25) is 9.59 Å². The molecule has 132 valence electrons. The standard InChI is InChI=1S/C17H23ClN2O4/c1-23-14-9-13(15(24-2)8-12(14)18)20-16(21)10-19-17(22)11-6-4-3-5-7-11/h8-9,11H,3-7,10H2,1-2H3,(H,19,22)(H,20,21). The predicted octanol–water partition coefficient (Wildman–Crippen LogP) is 2.99. The number of hydrogen-bond donors (Lipinski definition) is 2. The summed E-state index contributed by atoms with van der Waals surface area (Å²) in [6.45, 7) is -0.0799. The number of carbonyl (C=O) groups excluding carboxylic acids is 2. The molecule has 0 spiro atoms. The summed E-state index contributed by atoms with van der Waals surface area (Å²) in [6.07, 6.45) is 5.13. The van der Waals surface area contributed by atoms with Crippen molar-refractivity contribution in [3.8, 4) is 11.5 Å². The number of ether oxygens (including phenoxy) is 2. The first-order chi connectivity index (χ1) is 11.5. The highest BCUT2D eigenvalue weighted by molar-refractivity contribution is 6.32. The lowest BCUT2D eigenvalue weighted by Gasteiger charge is -2.20. The van der Waals surface area contributed by atoms with E-state index >= 15 is 0 Å². The average molecular weight is 355 g/mol. The van der Waals surface area contributed by atoms with Crippen molar-refractivity contribution < 1.29 is 19.1 Å². The van der Waals surface area contributed by atoms with Crippen molar-refractivity contribution in [2.75, 3.05) is 26.1 Å². The number of anilines is 1. The number of carbonyl (C=O) groups is 2. The molecule has 0 aliphatic heterocycles. The van der Waals surface area contributed by atoms with E-state index in [1.807, 2.05) is 0 Å². The molecule has 0 atom stereocenters. The van der Waals surface area contributed by atoms with Gasteiger partial charge in [-0.2, -0.15) is 0 Å². The number of rotatable bonds is 6. The highest BCUT2D eigenvalue weighted by Gasteiger charge is 2.21. The van der Waals surface area contributed by atoms with Crippen LogP contribution in [0.3, 0.4) is 0 Å². The van der Waals surface area contributed by atoms with Gasteiger partial charge in [0, 0.05) is 18.1 Å². The lowest BCUT2D eigenvalue weighted by molar-refractivity contribution is -0.128. The van der Waals surface area contributed by atoms with E-state index in [0.717, 1.165) is 25.7 Å². The van der Waals surface area contributed by atoms with Crippen molar-refractivity contribution in [3.05, 3.63) is 17.2 Å². The van der Waals surface area contributed by atoms with Crippen LogP contribution in [0.5, 0.6) is 11.5 Å². The van der Waals surface area contributed by atoms with Crippen molar-refractivity contribution >= 4 is 29.1 Å². The molecule has 7 heteroatoms. The van der Waals surface area contributed by atoms with Crippen molar-refractivity contribution in [1.29, 1.82) is 0 Å². The fraction of sp³-hybridized carbons (Fsp3) is 0.529. The molecule has 2 N–H and O–H groups in total. The Morgan fingerprint density at radius 3 is 2.42 bits per heavy atom. The molecule has 6 nitrogen and oxygen atoms in total. The highest BCUT2D eigenvalue weighted by Crippen LogP contribution is 2.35. The molecule has 0 radical (unpaired) electrons. The maximum absolute atomic E-state index is 12.1. The second-order valence-electron chi connectivity index (χ2n) is 5.79. The van der Waals surface area contributed by atoms with Crippen LogP contribution in [0.4, 0.5) is 5.69 Å². The Morgan fingerprint density at radius 2 is 1.79 bits per heavy atom. The lowest BCUT2D eigenvalue weighted by atomic mass is 9.89. The summed E-state index contributed by atoms with van der Waals surface area (Å²) in [5.41, 5.74) is 0.440. The molecule has 0 aromatic heterocycles. The fourth-order valence-corrected chi connectivity index (χ4v) is 3.06. The van der Waals surface area contributed by atoms with Gasteiger partial charge in [0.05, 0.1) is 31.5 Å². The average Bonchev–Trinajstić information content (AvgIpc) is 2.61. The van der Waals surface area contributed by atoms with E-state index in [1.165, 1.54) is 20.6 Å². The van der Waals surface area contributed by atoms with Gasteiger partial charge in [-0.15, -0.1) is 0 Å². The Bertz CT molecular complexity index is 600. The second-order valence-corrected chi connectivity index (χ2v) is 6.20. The van der Waals surface area contributed by atoms with Crippen molar-refractivity contribution in [3.63, 3.8) is 0 Å². The third kappa shape index (κ3) is 4.77. The summed E-state index contributed by atoms with van der Waals surface area (Å²) >= 11 is 6.03. The summed E-state index contributed by atoms with van der Waals surface area (Å²) in [4.78, 5) is 24.2. The van der Waals surface area contributed by atoms with E-state index in [2.05, 4.69) is 10.6 Å². The van der Waals surface area contributed by atoms with Gasteiger partial charge < -0.3 is 20.1 Å². The molecule has 24 heavy (non-hydrogen) atoms. The summed E-state index contributed by atoms with van der Waals surface area (Å²) < 4.78 is 10.3. The molecule has 0 heterocycles. The molecular weight excluding hydrogens is 332 g/mol. The zero-order valence-electron chi connectivity index (χ0n) is 14.0. The molecule has 1 aromatic carbocycles. The summed E-state index contributed by atoms with van der Waals surface area (Å²) in [7, 11) is 2.97. The van der Waals surface area contributed by atoms with Crippen LogP contribution in [-0.2, 0) is 9.59 Å². The van der Waals surface area contributed by atoms with E-state index in [1.54, 1.807) is 12.1 Å². The van der Waals surface area contributed by atoms with Crippen LogP contribution in [0.25, 0.3) is 0 Å². The lowest BCUT2D eigenvalue weighted by Crippen LogP contribution is -2.37. The maximum atomic E-state index is 12.1. The molecule has 1 aliphatic rings. The van der Waals surface area contributed by atoms with Crippen molar-refractivity contribution in [1.82, 2.24) is 5.32 Å². The molecule has 0 bridgehead atoms. The molecule has 1 saturated carbocycles. The Morgan fingerprint density at radius 1 is 1.12 bits per heavy atom. The summed E-state index contributed by atoms with van der Waals surface area (Å²) in [5, 5.41) is 5.79. The quantitative estimate of drug-likeness (QED) is 0.823. The molecule has 1 aromatic rings. The smallest absolute Gasteiger partial charge is 0.243 e. The van der Waals surface area contributed by atoms with E-state index < -0.39 is 0 Å². The van der Waals surface area contributed by atoms with Gasteiger partial charge in [0.15, 0.2) is 0 Å². The molecule has 0 unspecified atom stereocenters. The normalized spacial score (nSPS) is 14.8. The van der Waals surface area contributed by atoms with E-state index in [-0.39, 0.29) is 24.3 Å². The Balaban J connectivity index is 1.93. The minimum Gasteiger partial charge on any atom is -0.495 e. The van der Waals surface area contributed by atoms with Gasteiger partial charge in [0.25, 0.3) is 0 Å². The van der Waals surface area contributed by atoms with Crippen molar-refractivity contribution in [2.24, 2.45) is 5.92 Å². The van der Waals surface area contributed by atoms with Crippen LogP contribution >= 0.6 is 11.6 Å². The zero-order valence-corrected chi connectivity index (χ0v) is 14.7. The first-order valence-electron chi connectivity index (χ1n) is 8.04. The Hall–Kier alpha value is -1.95. The second kappa shape index (κ2) is 8.78. The van der Waals surface area contributed by atoms with Gasteiger partial charge in [-0.05, 0) is 12.8 Å². The van der Waals surface area contributed by atoms with Crippen LogP contribution in [0.15, 0.2) is 12.1 Å². The molecule has 1 aliphatic carbocycles. The topological polar surface area (TPSA) is 76.7 Å². The zero-order chi connectivity index (χ0) is 17.5. The molecule has 1 fully saturated rings. The number of methoxy groups -OCH3 is 2. The number of hydrogen-bond acceptors (Lipinski definition) is 4. The first kappa shape index (κ1) is 18.4. The van der Waals surface area contributed by atoms with Gasteiger partial charge in [-0.1, -0.05) is 30.9 Å². The largest absolute Gasteiger partial charge is 0.495 e. The number of nitrogens with one attached hydrogen (secondary N) is 2. The van der Waals surface area contributed by atoms with E-state index in [4.69, 9.17) is 21.1 Å². The van der Waals surface area contributed by atoms with Crippen LogP contribution in [0.2, 0.25) is 5.02 Å². The van der Waals surface area contributed by atoms with Crippen molar-refractivity contribution in [2.45, 2.75) is 32.1 Å². The maximum Gasteiger partial charge on any atom is 0.243 e. The van der Waals surface area contributed by atoms with Gasteiger partial charge >= 0.3 is 0 Å². The van der Waals surface area contributed by atoms with Gasteiger partial charge in [0.2, 0.25) is 11.8 Å². The molecular formula is C17H23ClN2O4. The summed E-state index contributed by atoms with van der Waals surface area (Å²) in [5.74, 6) is 0.496. The number of amides is 2. The van der Waals surface area contributed by atoms with Crippen LogP contribution in [0.1, 0.15) is 32.1 Å². The minimum atomic E-state index is -0.332. The van der Waals surface area contributed by atoms with Gasteiger partial charge in [-0.25, -0.2) is 0 Å². The van der Waals surface area contributed by atoms with Crippen LogP contribution in [0, 0.1) is 5.92 Å². The third-order valence-electron chi connectivity index (χ3n) is 4.15. The Labute approximate surface area is 146 Å². The fourth-order valence-electron chi connectivity index (χ4n) is 2.83. The van der Waals surface area contributed by atoms with Crippen LogP contribution < -0.4 is 20.1 Å². The predicted molar refractivity (Wildman–Crippen MR) is 92.8 cm³/mol. The minimum absolute atomic E-state index is 0.0247.